The average molecular weight is 915 g/mol. The van der Waals surface area contributed by atoms with Crippen LogP contribution in [0, 0.1) is 0 Å². The van der Waals surface area contributed by atoms with Gasteiger partial charge in [0.1, 0.15) is 43.2 Å². The number of carbonyl (C=O) groups is 2. The monoisotopic (exact) mass is 915 g/mol. The number of rotatable bonds is 40. The topological polar surface area (TPSA) is 210 Å². The number of unbranched alkanes of at least 4 members (excludes halogenated alkanes) is 20. The number of aliphatic hydroxyl groups is 5. The molecule has 63 heavy (non-hydrogen) atoms. The van der Waals surface area contributed by atoms with E-state index in [0.717, 1.165) is 83.5 Å². The molecule has 0 aromatic rings. The summed E-state index contributed by atoms with van der Waals surface area (Å²) in [6, 6.07) is 0. The summed E-state index contributed by atoms with van der Waals surface area (Å²) in [6.07, 6.45) is 33.0. The van der Waals surface area contributed by atoms with Gasteiger partial charge in [0.15, 0.2) is 6.10 Å². The molecule has 6 N–H and O–H groups in total. The second-order valence-electron chi connectivity index (χ2n) is 17.0. The van der Waals surface area contributed by atoms with E-state index in [4.69, 9.17) is 18.5 Å². The highest BCUT2D eigenvalue weighted by Crippen LogP contribution is 2.47. The fourth-order valence-electron chi connectivity index (χ4n) is 7.17. The summed E-state index contributed by atoms with van der Waals surface area (Å²) in [4.78, 5) is 35.8. The van der Waals surface area contributed by atoms with Gasteiger partial charge in [-0.2, -0.15) is 0 Å². The molecule has 0 spiro atoms. The molecule has 0 heterocycles. The van der Waals surface area contributed by atoms with Gasteiger partial charge in [-0.05, 0) is 77.0 Å². The lowest BCUT2D eigenvalue weighted by molar-refractivity contribution is -0.220. The molecule has 0 radical (unpaired) electrons. The Morgan fingerprint density at radius 1 is 0.492 bits per heavy atom. The minimum Gasteiger partial charge on any atom is -0.462 e. The molecular weight excluding hydrogens is 827 g/mol. The van der Waals surface area contributed by atoms with E-state index in [1.54, 1.807) is 0 Å². The number of carbonyl (C=O) groups excluding carboxylic acids is 2. The Kier molecular flexibility index (Phi) is 36.4. The highest BCUT2D eigenvalue weighted by molar-refractivity contribution is 7.47. The van der Waals surface area contributed by atoms with Gasteiger partial charge in [-0.25, -0.2) is 4.57 Å². The zero-order valence-corrected chi connectivity index (χ0v) is 39.8. The first-order chi connectivity index (χ1) is 30.4. The lowest BCUT2D eigenvalue weighted by Crippen LogP contribution is -2.64. The van der Waals surface area contributed by atoms with E-state index in [1.807, 2.05) is 0 Å². The molecular formula is C49H87O13P. The molecule has 14 heteroatoms. The van der Waals surface area contributed by atoms with Crippen molar-refractivity contribution < 1.29 is 63.1 Å². The number of hydrogen-bond donors (Lipinski definition) is 6. The van der Waals surface area contributed by atoms with Crippen molar-refractivity contribution >= 4 is 19.8 Å². The number of allylic oxidation sites excluding steroid dienone is 8. The van der Waals surface area contributed by atoms with Gasteiger partial charge in [-0.1, -0.05) is 152 Å². The first-order valence-electron chi connectivity index (χ1n) is 24.4. The maximum absolute atomic E-state index is 12.8. The predicted molar refractivity (Wildman–Crippen MR) is 249 cm³/mol. The Balaban J connectivity index is 2.43. The van der Waals surface area contributed by atoms with E-state index in [1.165, 1.54) is 70.6 Å². The second-order valence-corrected chi connectivity index (χ2v) is 18.4. The van der Waals surface area contributed by atoms with Crippen molar-refractivity contribution in [2.45, 2.75) is 236 Å². The van der Waals surface area contributed by atoms with Crippen LogP contribution in [0.2, 0.25) is 0 Å². The smallest absolute Gasteiger partial charge is 0.462 e. The molecule has 1 rings (SSSR count). The van der Waals surface area contributed by atoms with Crippen LogP contribution in [-0.2, 0) is 32.7 Å². The standard InChI is InChI=1S/C49H87O13P/c1-3-5-7-9-11-13-15-17-19-20-21-22-24-25-27-29-31-33-35-37-42(50)59-39-41(40-60-63(57,58)62-49-47(55)45(53)44(52)46(54)48(49)56)61-43(51)38-36-34-32-30-28-26-23-18-16-14-12-10-8-6-4-2/h11-14,17-19,23,41,44-49,52-56H,3-10,15-16,20-22,24-40H2,1-2H3,(H,57,58)/b13-11-,14-12-,19-17-,23-18-/t41-,44?,45-,46+,47-,48-,49?/m1/s1. The van der Waals surface area contributed by atoms with Crippen LogP contribution in [0.3, 0.4) is 0 Å². The largest absolute Gasteiger partial charge is 0.472 e. The van der Waals surface area contributed by atoms with Gasteiger partial charge < -0.3 is 39.9 Å². The fraction of sp³-hybridized carbons (Fsp3) is 0.796. The summed E-state index contributed by atoms with van der Waals surface area (Å²) >= 11 is 0. The number of esters is 2. The van der Waals surface area contributed by atoms with Crippen molar-refractivity contribution in [2.75, 3.05) is 13.2 Å². The van der Waals surface area contributed by atoms with Crippen molar-refractivity contribution in [1.82, 2.24) is 0 Å². The van der Waals surface area contributed by atoms with Gasteiger partial charge >= 0.3 is 19.8 Å². The Morgan fingerprint density at radius 3 is 1.29 bits per heavy atom. The molecule has 0 aromatic carbocycles. The van der Waals surface area contributed by atoms with Crippen molar-refractivity contribution in [1.29, 1.82) is 0 Å². The summed E-state index contributed by atoms with van der Waals surface area (Å²) in [7, 11) is -5.13. The number of phosphoric ester groups is 1. The maximum atomic E-state index is 12.8. The van der Waals surface area contributed by atoms with Crippen LogP contribution >= 0.6 is 7.82 Å². The third-order valence-electron chi connectivity index (χ3n) is 11.1. The molecule has 0 saturated heterocycles. The van der Waals surface area contributed by atoms with Crippen LogP contribution in [0.1, 0.15) is 194 Å². The van der Waals surface area contributed by atoms with Gasteiger partial charge in [0.2, 0.25) is 0 Å². The molecule has 1 aliphatic rings. The summed E-state index contributed by atoms with van der Waals surface area (Å²) in [6.45, 7) is 3.24. The van der Waals surface area contributed by atoms with E-state index in [0.29, 0.717) is 12.8 Å². The van der Waals surface area contributed by atoms with Gasteiger partial charge in [0.05, 0.1) is 6.61 Å². The van der Waals surface area contributed by atoms with Gasteiger partial charge in [0, 0.05) is 12.8 Å². The zero-order chi connectivity index (χ0) is 46.4. The number of ether oxygens (including phenoxy) is 2. The Morgan fingerprint density at radius 2 is 0.857 bits per heavy atom. The van der Waals surface area contributed by atoms with Crippen molar-refractivity contribution in [2.24, 2.45) is 0 Å². The third kappa shape index (κ3) is 31.4. The lowest BCUT2D eigenvalue weighted by Gasteiger charge is -2.41. The molecule has 1 saturated carbocycles. The molecule has 13 nitrogen and oxygen atoms in total. The normalized spacial score (nSPS) is 22.1. The molecule has 0 aliphatic heterocycles. The summed E-state index contributed by atoms with van der Waals surface area (Å²) < 4.78 is 33.6. The number of hydrogen-bond acceptors (Lipinski definition) is 12. The molecule has 366 valence electrons. The quantitative estimate of drug-likeness (QED) is 0.0147. The summed E-state index contributed by atoms with van der Waals surface area (Å²) in [5, 5.41) is 50.2. The predicted octanol–water partition coefficient (Wildman–Crippen LogP) is 9.95. The zero-order valence-electron chi connectivity index (χ0n) is 38.9. The van der Waals surface area contributed by atoms with Crippen LogP contribution in [0.15, 0.2) is 48.6 Å². The number of aliphatic hydroxyl groups excluding tert-OH is 5. The van der Waals surface area contributed by atoms with Gasteiger partial charge in [-0.3, -0.25) is 18.6 Å². The highest BCUT2D eigenvalue weighted by Gasteiger charge is 2.51. The Bertz CT molecular complexity index is 1290. The van der Waals surface area contributed by atoms with E-state index in [9.17, 15) is 44.6 Å². The molecule has 0 aromatic heterocycles. The van der Waals surface area contributed by atoms with Crippen molar-refractivity contribution in [3.05, 3.63) is 48.6 Å². The van der Waals surface area contributed by atoms with Crippen LogP contribution in [0.25, 0.3) is 0 Å². The molecule has 1 aliphatic carbocycles. The first-order valence-corrected chi connectivity index (χ1v) is 25.9. The van der Waals surface area contributed by atoms with Crippen LogP contribution < -0.4 is 0 Å². The average Bonchev–Trinajstić information content (AvgIpc) is 3.26. The van der Waals surface area contributed by atoms with Crippen molar-refractivity contribution in [3.63, 3.8) is 0 Å². The second kappa shape index (κ2) is 39.0. The van der Waals surface area contributed by atoms with Gasteiger partial charge in [-0.15, -0.1) is 0 Å². The number of phosphoric acid groups is 1. The molecule has 1 fully saturated rings. The third-order valence-corrected chi connectivity index (χ3v) is 12.1. The first kappa shape index (κ1) is 58.8. The van der Waals surface area contributed by atoms with E-state index < -0.39 is 75.7 Å². The van der Waals surface area contributed by atoms with E-state index in [-0.39, 0.29) is 12.8 Å². The maximum Gasteiger partial charge on any atom is 0.472 e. The van der Waals surface area contributed by atoms with Gasteiger partial charge in [0.25, 0.3) is 0 Å². The Hall–Kier alpha value is -2.19. The summed E-state index contributed by atoms with van der Waals surface area (Å²) in [5.41, 5.74) is 0. The fourth-order valence-corrected chi connectivity index (χ4v) is 8.14. The van der Waals surface area contributed by atoms with E-state index in [2.05, 4.69) is 62.5 Å². The molecule has 8 atom stereocenters. The van der Waals surface area contributed by atoms with Crippen molar-refractivity contribution in [3.8, 4) is 0 Å². The molecule has 3 unspecified atom stereocenters. The van der Waals surface area contributed by atoms with E-state index >= 15 is 0 Å². The SMILES string of the molecule is CCCCC/C=C\C/C=C\CCCCCCCCCCCC(=O)OC[C@H](COP(=O)(O)OC1[C@H](O)[C@H](O)C(O)[C@H](O)[C@H]1O)OC(=O)CCCCCCC/C=C\C/C=C\CCCCC. The minimum atomic E-state index is -5.13. The van der Waals surface area contributed by atoms with Crippen LogP contribution in [-0.4, -0.2) is 98.3 Å². The molecule has 0 amide bonds. The summed E-state index contributed by atoms with van der Waals surface area (Å²) in [5.74, 6) is -1.12. The lowest BCUT2D eigenvalue weighted by atomic mass is 9.85. The minimum absolute atomic E-state index is 0.0789. The highest BCUT2D eigenvalue weighted by atomic mass is 31.2. The Labute approximate surface area is 380 Å². The molecule has 0 bridgehead atoms. The van der Waals surface area contributed by atoms with Crippen LogP contribution in [0.5, 0.6) is 0 Å². The van der Waals surface area contributed by atoms with Crippen LogP contribution in [0.4, 0.5) is 0 Å².